The number of rotatable bonds is 4. The smallest absolute Gasteiger partial charge is 0.253 e. The van der Waals surface area contributed by atoms with Crippen molar-refractivity contribution in [3.05, 3.63) is 58.1 Å². The Hall–Kier alpha value is -1.75. The molecule has 1 aliphatic rings. The van der Waals surface area contributed by atoms with Gasteiger partial charge in [0, 0.05) is 25.2 Å². The van der Waals surface area contributed by atoms with Crippen molar-refractivity contribution in [3.63, 3.8) is 0 Å². The molecule has 1 heterocycles. The molecule has 6 heteroatoms. The van der Waals surface area contributed by atoms with Crippen LogP contribution in [0.4, 0.5) is 0 Å². The Bertz CT molecular complexity index is 728. The fraction of sp³-hybridized carbons (Fsp3) is 0.278. The van der Waals surface area contributed by atoms with Gasteiger partial charge in [0.05, 0.1) is 5.02 Å². The molecular formula is C18H18Cl2N2O2. The molecule has 24 heavy (non-hydrogen) atoms. The molecule has 1 N–H and O–H groups in total. The van der Waals surface area contributed by atoms with E-state index in [1.54, 1.807) is 47.4 Å². The van der Waals surface area contributed by atoms with Crippen molar-refractivity contribution in [2.45, 2.75) is 12.5 Å². The highest BCUT2D eigenvalue weighted by Gasteiger charge is 2.23. The predicted molar refractivity (Wildman–Crippen MR) is 96.3 cm³/mol. The van der Waals surface area contributed by atoms with Crippen molar-refractivity contribution in [2.24, 2.45) is 0 Å². The molecule has 0 spiro atoms. The number of carbonyl (C=O) groups is 1. The van der Waals surface area contributed by atoms with E-state index < -0.39 is 0 Å². The summed E-state index contributed by atoms with van der Waals surface area (Å²) in [6, 6.07) is 12.5. The number of nitrogens with zero attached hydrogens (tertiary/aromatic N) is 1. The van der Waals surface area contributed by atoms with Crippen molar-refractivity contribution >= 4 is 29.1 Å². The number of amides is 1. The van der Waals surface area contributed by atoms with E-state index in [1.165, 1.54) is 0 Å². The lowest BCUT2D eigenvalue weighted by Gasteiger charge is -2.23. The van der Waals surface area contributed by atoms with E-state index in [0.717, 1.165) is 19.5 Å². The molecule has 2 aromatic rings. The third-order valence-electron chi connectivity index (χ3n) is 4.15. The zero-order valence-electron chi connectivity index (χ0n) is 13.3. The maximum Gasteiger partial charge on any atom is 0.253 e. The van der Waals surface area contributed by atoms with E-state index in [0.29, 0.717) is 27.1 Å². The first-order chi connectivity index (χ1) is 11.6. The average Bonchev–Trinajstić information content (AvgIpc) is 3.13. The molecule has 1 aliphatic heterocycles. The highest BCUT2D eigenvalue weighted by atomic mass is 35.5. The van der Waals surface area contributed by atoms with E-state index in [-0.39, 0.29) is 11.9 Å². The summed E-state index contributed by atoms with van der Waals surface area (Å²) in [6.45, 7) is 1.80. The third-order valence-corrected chi connectivity index (χ3v) is 4.95. The number of likely N-dealkylation sites (N-methyl/N-ethyl adjacent to an activating group) is 1. The van der Waals surface area contributed by atoms with E-state index in [1.807, 2.05) is 7.05 Å². The number of carbonyl (C=O) groups excluding carboxylic acids is 1. The zero-order valence-corrected chi connectivity index (χ0v) is 14.8. The first-order valence-corrected chi connectivity index (χ1v) is 8.51. The van der Waals surface area contributed by atoms with Crippen molar-refractivity contribution < 1.29 is 9.53 Å². The van der Waals surface area contributed by atoms with Gasteiger partial charge in [0.1, 0.15) is 16.5 Å². The highest BCUT2D eigenvalue weighted by molar-refractivity contribution is 6.42. The van der Waals surface area contributed by atoms with Crippen LogP contribution in [0.25, 0.3) is 0 Å². The fourth-order valence-electron chi connectivity index (χ4n) is 2.69. The topological polar surface area (TPSA) is 41.6 Å². The second kappa shape index (κ2) is 7.43. The SMILES string of the molecule is CN(C(=O)c1ccc(Oc2cccc(Cl)c2Cl)cc1)C1CCNC1. The van der Waals surface area contributed by atoms with Crippen LogP contribution >= 0.6 is 23.2 Å². The number of hydrogen-bond acceptors (Lipinski definition) is 3. The maximum atomic E-state index is 12.5. The van der Waals surface area contributed by atoms with Crippen LogP contribution in [0.3, 0.4) is 0 Å². The Kier molecular flexibility index (Phi) is 5.29. The standard InChI is InChI=1S/C18H18Cl2N2O2/c1-22(13-9-10-21-11-13)18(23)12-5-7-14(8-6-12)24-16-4-2-3-15(19)17(16)20/h2-8,13,21H,9-11H2,1H3. The van der Waals surface area contributed by atoms with Crippen LogP contribution in [0.5, 0.6) is 11.5 Å². The molecule has 0 radical (unpaired) electrons. The van der Waals surface area contributed by atoms with Crippen LogP contribution in [-0.2, 0) is 0 Å². The lowest BCUT2D eigenvalue weighted by Crippen LogP contribution is -2.38. The maximum absolute atomic E-state index is 12.5. The Morgan fingerprint density at radius 3 is 2.62 bits per heavy atom. The molecule has 1 atom stereocenters. The largest absolute Gasteiger partial charge is 0.456 e. The van der Waals surface area contributed by atoms with E-state index >= 15 is 0 Å². The molecule has 3 rings (SSSR count). The molecule has 1 amide bonds. The van der Waals surface area contributed by atoms with Crippen LogP contribution in [0.2, 0.25) is 10.0 Å². The van der Waals surface area contributed by atoms with Crippen molar-refractivity contribution in [3.8, 4) is 11.5 Å². The van der Waals surface area contributed by atoms with Gasteiger partial charge in [-0.25, -0.2) is 0 Å². The van der Waals surface area contributed by atoms with Crippen LogP contribution in [0.15, 0.2) is 42.5 Å². The molecule has 1 unspecified atom stereocenters. The van der Waals surface area contributed by atoms with Gasteiger partial charge in [-0.05, 0) is 49.4 Å². The molecule has 1 saturated heterocycles. The first-order valence-electron chi connectivity index (χ1n) is 7.76. The minimum absolute atomic E-state index is 0.0102. The Morgan fingerprint density at radius 2 is 1.96 bits per heavy atom. The van der Waals surface area contributed by atoms with Crippen LogP contribution in [0.1, 0.15) is 16.8 Å². The summed E-state index contributed by atoms with van der Waals surface area (Å²) in [6.07, 6.45) is 0.983. The fourth-order valence-corrected chi connectivity index (χ4v) is 3.03. The molecule has 4 nitrogen and oxygen atoms in total. The van der Waals surface area contributed by atoms with Crippen LogP contribution in [0, 0.1) is 0 Å². The molecule has 0 bridgehead atoms. The van der Waals surface area contributed by atoms with Gasteiger partial charge in [-0.3, -0.25) is 4.79 Å². The second-order valence-corrected chi connectivity index (χ2v) is 6.53. The summed E-state index contributed by atoms with van der Waals surface area (Å²) in [5.41, 5.74) is 0.633. The Balaban J connectivity index is 1.71. The number of halogens is 2. The third kappa shape index (κ3) is 3.66. The van der Waals surface area contributed by atoms with Gasteiger partial charge in [0.25, 0.3) is 5.91 Å². The summed E-state index contributed by atoms with van der Waals surface area (Å²) in [5.74, 6) is 1.09. The molecule has 2 aromatic carbocycles. The van der Waals surface area contributed by atoms with Gasteiger partial charge in [0.15, 0.2) is 0 Å². The van der Waals surface area contributed by atoms with Crippen molar-refractivity contribution in [2.75, 3.05) is 20.1 Å². The summed E-state index contributed by atoms with van der Waals surface area (Å²) >= 11 is 12.1. The molecular weight excluding hydrogens is 347 g/mol. The predicted octanol–water partition coefficient (Wildman–Crippen LogP) is 4.22. The zero-order chi connectivity index (χ0) is 17.1. The molecule has 0 aliphatic carbocycles. The van der Waals surface area contributed by atoms with Crippen LogP contribution in [-0.4, -0.2) is 37.0 Å². The molecule has 0 saturated carbocycles. The quantitative estimate of drug-likeness (QED) is 0.882. The number of nitrogens with one attached hydrogen (secondary N) is 1. The molecule has 0 aromatic heterocycles. The van der Waals surface area contributed by atoms with Crippen molar-refractivity contribution in [1.82, 2.24) is 10.2 Å². The average molecular weight is 365 g/mol. The minimum Gasteiger partial charge on any atom is -0.456 e. The Morgan fingerprint density at radius 1 is 1.21 bits per heavy atom. The molecule has 1 fully saturated rings. The summed E-state index contributed by atoms with van der Waals surface area (Å²) in [5, 5.41) is 4.07. The summed E-state index contributed by atoms with van der Waals surface area (Å²) in [4.78, 5) is 14.3. The lowest BCUT2D eigenvalue weighted by molar-refractivity contribution is 0.0744. The highest BCUT2D eigenvalue weighted by Crippen LogP contribution is 2.34. The second-order valence-electron chi connectivity index (χ2n) is 5.74. The number of ether oxygens (including phenoxy) is 1. The number of hydrogen-bond donors (Lipinski definition) is 1. The summed E-state index contributed by atoms with van der Waals surface area (Å²) in [7, 11) is 1.84. The van der Waals surface area contributed by atoms with Gasteiger partial charge < -0.3 is 15.0 Å². The Labute approximate surface area is 151 Å². The van der Waals surface area contributed by atoms with E-state index in [9.17, 15) is 4.79 Å². The first kappa shape index (κ1) is 17.1. The minimum atomic E-state index is 0.0102. The summed E-state index contributed by atoms with van der Waals surface area (Å²) < 4.78 is 5.73. The van der Waals surface area contributed by atoms with Crippen LogP contribution < -0.4 is 10.1 Å². The monoisotopic (exact) mass is 364 g/mol. The molecule has 126 valence electrons. The van der Waals surface area contributed by atoms with E-state index in [2.05, 4.69) is 5.32 Å². The normalized spacial score (nSPS) is 16.9. The van der Waals surface area contributed by atoms with Gasteiger partial charge >= 0.3 is 0 Å². The number of benzene rings is 2. The van der Waals surface area contributed by atoms with Gasteiger partial charge in [-0.2, -0.15) is 0 Å². The van der Waals surface area contributed by atoms with Gasteiger partial charge in [-0.15, -0.1) is 0 Å². The van der Waals surface area contributed by atoms with Crippen molar-refractivity contribution in [1.29, 1.82) is 0 Å². The van der Waals surface area contributed by atoms with Gasteiger partial charge in [-0.1, -0.05) is 29.3 Å². The van der Waals surface area contributed by atoms with Gasteiger partial charge in [0.2, 0.25) is 0 Å². The lowest BCUT2D eigenvalue weighted by atomic mass is 10.1. The van der Waals surface area contributed by atoms with E-state index in [4.69, 9.17) is 27.9 Å².